The maximum Gasteiger partial charge on any atom is 0.279 e. The first-order valence-corrected chi connectivity index (χ1v) is 8.78. The molecule has 2 rings (SSSR count). The van der Waals surface area contributed by atoms with E-state index in [9.17, 15) is 14.4 Å². The predicted molar refractivity (Wildman–Crippen MR) is 107 cm³/mol. The van der Waals surface area contributed by atoms with Crippen molar-refractivity contribution in [1.82, 2.24) is 5.32 Å². The van der Waals surface area contributed by atoms with Crippen molar-refractivity contribution in [2.75, 3.05) is 44.9 Å². The third kappa shape index (κ3) is 6.40. The Labute approximate surface area is 163 Å². The minimum absolute atomic E-state index is 0.111. The van der Waals surface area contributed by atoms with Crippen LogP contribution in [0.15, 0.2) is 48.5 Å². The summed E-state index contributed by atoms with van der Waals surface area (Å²) in [6.07, 6.45) is 0. The zero-order valence-electron chi connectivity index (χ0n) is 16.2. The normalized spacial score (nSPS) is 11.2. The van der Waals surface area contributed by atoms with Gasteiger partial charge in [0.1, 0.15) is 5.75 Å². The summed E-state index contributed by atoms with van der Waals surface area (Å²) in [4.78, 5) is 36.7. The largest absolute Gasteiger partial charge is 0.497 e. The van der Waals surface area contributed by atoms with E-state index in [-0.39, 0.29) is 30.8 Å². The highest BCUT2D eigenvalue weighted by Crippen LogP contribution is 2.14. The third-order valence-corrected chi connectivity index (χ3v) is 3.93. The number of nitrogens with one attached hydrogen (secondary N) is 4. The lowest BCUT2D eigenvalue weighted by Crippen LogP contribution is -3.11. The van der Waals surface area contributed by atoms with Crippen LogP contribution in [0, 0.1) is 0 Å². The molecule has 1 atom stereocenters. The average Bonchev–Trinajstić information content (AvgIpc) is 2.67. The van der Waals surface area contributed by atoms with Crippen molar-refractivity contribution in [3.63, 3.8) is 0 Å². The molecule has 28 heavy (non-hydrogen) atoms. The van der Waals surface area contributed by atoms with Crippen LogP contribution < -0.4 is 25.6 Å². The van der Waals surface area contributed by atoms with Crippen LogP contribution in [0.2, 0.25) is 0 Å². The molecule has 0 fully saturated rings. The summed E-state index contributed by atoms with van der Waals surface area (Å²) in [5.74, 6) is 0.0350. The zero-order chi connectivity index (χ0) is 20.5. The average molecular weight is 385 g/mol. The van der Waals surface area contributed by atoms with Crippen LogP contribution in [-0.2, 0) is 9.59 Å². The van der Waals surface area contributed by atoms with E-state index in [1.807, 2.05) is 0 Å². The van der Waals surface area contributed by atoms with Gasteiger partial charge >= 0.3 is 0 Å². The van der Waals surface area contributed by atoms with Gasteiger partial charge in [-0.2, -0.15) is 0 Å². The number of carbonyl (C=O) groups excluding carboxylic acids is 3. The zero-order valence-corrected chi connectivity index (χ0v) is 16.2. The van der Waals surface area contributed by atoms with Gasteiger partial charge in [0.05, 0.1) is 14.2 Å². The van der Waals surface area contributed by atoms with Gasteiger partial charge < -0.3 is 25.6 Å². The summed E-state index contributed by atoms with van der Waals surface area (Å²) in [6, 6.07) is 13.7. The minimum atomic E-state index is -0.246. The number of anilines is 2. The first-order chi connectivity index (χ1) is 13.4. The molecular weight excluding hydrogens is 360 g/mol. The molecule has 0 heterocycles. The van der Waals surface area contributed by atoms with Crippen molar-refractivity contribution in [3.05, 3.63) is 54.1 Å². The molecule has 1 unspecified atom stereocenters. The molecule has 8 heteroatoms. The molecule has 0 radical (unpaired) electrons. The van der Waals surface area contributed by atoms with E-state index in [2.05, 4.69) is 16.0 Å². The Hall–Kier alpha value is -3.39. The van der Waals surface area contributed by atoms with E-state index >= 15 is 0 Å². The van der Waals surface area contributed by atoms with Crippen LogP contribution in [0.5, 0.6) is 5.75 Å². The number of ether oxygens (including phenoxy) is 1. The van der Waals surface area contributed by atoms with Gasteiger partial charge in [-0.05, 0) is 42.5 Å². The number of methoxy groups -OCH3 is 1. The monoisotopic (exact) mass is 385 g/mol. The van der Waals surface area contributed by atoms with Gasteiger partial charge in [0.25, 0.3) is 17.7 Å². The number of hydrogen-bond donors (Lipinski definition) is 4. The molecular formula is C20H25N4O4+. The Bertz CT molecular complexity index is 836. The lowest BCUT2D eigenvalue weighted by atomic mass is 10.2. The fourth-order valence-corrected chi connectivity index (χ4v) is 2.58. The Morgan fingerprint density at radius 2 is 1.54 bits per heavy atom. The number of carbonyl (C=O) groups is 3. The molecule has 0 saturated heterocycles. The molecule has 0 aromatic heterocycles. The van der Waals surface area contributed by atoms with Crippen LogP contribution >= 0.6 is 0 Å². The summed E-state index contributed by atoms with van der Waals surface area (Å²) < 4.78 is 5.07. The Morgan fingerprint density at radius 1 is 0.929 bits per heavy atom. The number of likely N-dealkylation sites (N-methyl/N-ethyl adjacent to an activating group) is 1. The highest BCUT2D eigenvalue weighted by atomic mass is 16.5. The van der Waals surface area contributed by atoms with Gasteiger partial charge in [0.15, 0.2) is 13.1 Å². The van der Waals surface area contributed by atoms with Crippen molar-refractivity contribution in [2.45, 2.75) is 0 Å². The van der Waals surface area contributed by atoms with Crippen molar-refractivity contribution in [1.29, 1.82) is 0 Å². The maximum absolute atomic E-state index is 12.2. The smallest absolute Gasteiger partial charge is 0.279 e. The molecule has 148 valence electrons. The molecule has 0 aliphatic carbocycles. The molecule has 8 nitrogen and oxygen atoms in total. The van der Waals surface area contributed by atoms with Crippen LogP contribution in [0.3, 0.4) is 0 Å². The van der Waals surface area contributed by atoms with Crippen molar-refractivity contribution >= 4 is 29.1 Å². The van der Waals surface area contributed by atoms with Crippen LogP contribution in [0.25, 0.3) is 0 Å². The van der Waals surface area contributed by atoms with Crippen molar-refractivity contribution in [3.8, 4) is 5.75 Å². The van der Waals surface area contributed by atoms with Crippen molar-refractivity contribution < 1.29 is 24.0 Å². The summed E-state index contributed by atoms with van der Waals surface area (Å²) in [5.41, 5.74) is 1.65. The molecule has 0 bridgehead atoms. The first kappa shape index (κ1) is 20.9. The molecule has 0 aliphatic heterocycles. The van der Waals surface area contributed by atoms with E-state index < -0.39 is 0 Å². The van der Waals surface area contributed by atoms with Gasteiger partial charge in [-0.3, -0.25) is 14.4 Å². The van der Waals surface area contributed by atoms with Gasteiger partial charge in [-0.25, -0.2) is 0 Å². The second-order valence-electron chi connectivity index (χ2n) is 6.30. The third-order valence-electron chi connectivity index (χ3n) is 3.93. The Balaban J connectivity index is 1.83. The van der Waals surface area contributed by atoms with Gasteiger partial charge in [0, 0.05) is 24.0 Å². The fraction of sp³-hybridized carbons (Fsp3) is 0.250. The summed E-state index contributed by atoms with van der Waals surface area (Å²) in [6.45, 7) is 0.248. The maximum atomic E-state index is 12.2. The highest BCUT2D eigenvalue weighted by molar-refractivity contribution is 5.97. The Morgan fingerprint density at radius 3 is 2.11 bits per heavy atom. The molecule has 2 aromatic carbocycles. The van der Waals surface area contributed by atoms with E-state index in [1.165, 1.54) is 0 Å². The van der Waals surface area contributed by atoms with Gasteiger partial charge in [0.2, 0.25) is 0 Å². The fourth-order valence-electron chi connectivity index (χ4n) is 2.58. The van der Waals surface area contributed by atoms with E-state index in [1.54, 1.807) is 69.7 Å². The van der Waals surface area contributed by atoms with E-state index in [4.69, 9.17) is 4.74 Å². The van der Waals surface area contributed by atoms with Gasteiger partial charge in [-0.1, -0.05) is 6.07 Å². The van der Waals surface area contributed by atoms with Crippen molar-refractivity contribution in [2.24, 2.45) is 0 Å². The lowest BCUT2D eigenvalue weighted by molar-refractivity contribution is -0.862. The second-order valence-corrected chi connectivity index (χ2v) is 6.30. The molecule has 0 spiro atoms. The number of quaternary nitrogens is 1. The molecule has 3 amide bonds. The molecule has 0 aliphatic rings. The molecule has 0 saturated carbocycles. The number of amides is 3. The summed E-state index contributed by atoms with van der Waals surface area (Å²) in [5, 5.41) is 8.06. The lowest BCUT2D eigenvalue weighted by Gasteiger charge is -2.14. The van der Waals surface area contributed by atoms with Crippen LogP contribution in [0.4, 0.5) is 11.4 Å². The topological polar surface area (TPSA) is 101 Å². The molecule has 4 N–H and O–H groups in total. The predicted octanol–water partition coefficient (Wildman–Crippen LogP) is 0.147. The molecule has 2 aromatic rings. The minimum Gasteiger partial charge on any atom is -0.497 e. The standard InChI is InChI=1S/C20H24N4O4/c1-21-20(27)14-5-4-6-16(11-14)23-19(26)13-24(2)12-18(25)22-15-7-9-17(28-3)10-8-15/h4-11H,12-13H2,1-3H3,(H,21,27)(H,22,25)(H,23,26)/p+1. The van der Waals surface area contributed by atoms with Crippen LogP contribution in [-0.4, -0.2) is 52.0 Å². The summed E-state index contributed by atoms with van der Waals surface area (Å²) >= 11 is 0. The number of rotatable bonds is 8. The van der Waals surface area contributed by atoms with Gasteiger partial charge in [-0.15, -0.1) is 0 Å². The number of benzene rings is 2. The van der Waals surface area contributed by atoms with Crippen LogP contribution in [0.1, 0.15) is 10.4 Å². The number of hydrogen-bond acceptors (Lipinski definition) is 4. The van der Waals surface area contributed by atoms with E-state index in [0.29, 0.717) is 22.7 Å². The Kier molecular flexibility index (Phi) is 7.53. The SMILES string of the molecule is CNC(=O)c1cccc(NC(=O)C[NH+](C)CC(=O)Nc2ccc(OC)cc2)c1. The first-order valence-electron chi connectivity index (χ1n) is 8.78. The summed E-state index contributed by atoms with van der Waals surface area (Å²) in [7, 11) is 4.88. The highest BCUT2D eigenvalue weighted by Gasteiger charge is 2.15. The quantitative estimate of drug-likeness (QED) is 0.520. The van der Waals surface area contributed by atoms with E-state index in [0.717, 1.165) is 4.90 Å². The second kappa shape index (κ2) is 10.1.